The van der Waals surface area contributed by atoms with Crippen LogP contribution in [-0.2, 0) is 6.42 Å². The molecule has 5 heteroatoms. The molecule has 0 heterocycles. The van der Waals surface area contributed by atoms with Crippen molar-refractivity contribution < 1.29 is 14.7 Å². The minimum atomic E-state index is -0.538. The minimum absolute atomic E-state index is 0.0186. The van der Waals surface area contributed by atoms with E-state index in [1.54, 1.807) is 0 Å². The number of rotatable bonds is 1. The van der Waals surface area contributed by atoms with Gasteiger partial charge in [0, 0.05) is 11.1 Å². The van der Waals surface area contributed by atoms with Gasteiger partial charge in [0.15, 0.2) is 0 Å². The standard InChI is InChI=1S/C12H8Cl2O3/c1-2-5-3-6-7(4-8(5)15)12(17)10(14)9(13)11(6)16/h3-4,15H,2H2,1H3. The van der Waals surface area contributed by atoms with Crippen molar-refractivity contribution in [3.05, 3.63) is 38.9 Å². The maximum atomic E-state index is 11.8. The number of hydrogen-bond donors (Lipinski definition) is 1. The third-order valence-corrected chi connectivity index (χ3v) is 3.50. The van der Waals surface area contributed by atoms with Crippen molar-refractivity contribution in [3.63, 3.8) is 0 Å². The number of carbonyl (C=O) groups excluding carboxylic acids is 2. The Kier molecular flexibility index (Phi) is 2.98. The molecule has 0 amide bonds. The molecule has 2 rings (SSSR count). The Bertz CT molecular complexity index is 573. The van der Waals surface area contributed by atoms with Crippen LogP contribution in [0.4, 0.5) is 0 Å². The van der Waals surface area contributed by atoms with E-state index < -0.39 is 11.6 Å². The van der Waals surface area contributed by atoms with Gasteiger partial charge in [0.2, 0.25) is 11.6 Å². The molecule has 17 heavy (non-hydrogen) atoms. The number of aryl methyl sites for hydroxylation is 1. The van der Waals surface area contributed by atoms with E-state index in [4.69, 9.17) is 23.2 Å². The SMILES string of the molecule is CCc1cc2c(cc1O)C(=O)C(Cl)=C(Cl)C2=O. The average molecular weight is 271 g/mol. The summed E-state index contributed by atoms with van der Waals surface area (Å²) in [6, 6.07) is 2.75. The van der Waals surface area contributed by atoms with Crippen LogP contribution in [-0.4, -0.2) is 16.7 Å². The molecule has 1 aromatic rings. The zero-order chi connectivity index (χ0) is 12.7. The van der Waals surface area contributed by atoms with Gasteiger partial charge in [-0.15, -0.1) is 0 Å². The first-order chi connectivity index (χ1) is 7.97. The zero-order valence-corrected chi connectivity index (χ0v) is 10.4. The van der Waals surface area contributed by atoms with Crippen molar-refractivity contribution in [3.8, 4) is 5.75 Å². The zero-order valence-electron chi connectivity index (χ0n) is 8.88. The topological polar surface area (TPSA) is 54.4 Å². The van der Waals surface area contributed by atoms with Crippen LogP contribution < -0.4 is 0 Å². The van der Waals surface area contributed by atoms with Crippen LogP contribution in [0.5, 0.6) is 5.75 Å². The lowest BCUT2D eigenvalue weighted by atomic mass is 9.91. The van der Waals surface area contributed by atoms with Gasteiger partial charge in [-0.25, -0.2) is 0 Å². The van der Waals surface area contributed by atoms with E-state index in [0.717, 1.165) is 0 Å². The predicted octanol–water partition coefficient (Wildman–Crippen LogP) is 3.02. The van der Waals surface area contributed by atoms with Crippen LogP contribution in [0.1, 0.15) is 33.2 Å². The second kappa shape index (κ2) is 4.17. The fourth-order valence-corrected chi connectivity index (χ4v) is 2.10. The molecule has 0 bridgehead atoms. The molecule has 0 aromatic heterocycles. The third kappa shape index (κ3) is 1.75. The number of aromatic hydroxyl groups is 1. The van der Waals surface area contributed by atoms with Crippen LogP contribution in [0.25, 0.3) is 0 Å². The molecule has 0 saturated carbocycles. The smallest absolute Gasteiger partial charge is 0.206 e. The van der Waals surface area contributed by atoms with Gasteiger partial charge in [-0.3, -0.25) is 9.59 Å². The van der Waals surface area contributed by atoms with Gasteiger partial charge in [0.05, 0.1) is 0 Å². The highest BCUT2D eigenvalue weighted by atomic mass is 35.5. The summed E-state index contributed by atoms with van der Waals surface area (Å²) in [5, 5.41) is 9.10. The van der Waals surface area contributed by atoms with E-state index >= 15 is 0 Å². The van der Waals surface area contributed by atoms with E-state index in [1.165, 1.54) is 12.1 Å². The summed E-state index contributed by atoms with van der Waals surface area (Å²) in [6.45, 7) is 1.83. The molecule has 3 nitrogen and oxygen atoms in total. The molecular weight excluding hydrogens is 263 g/mol. The molecule has 88 valence electrons. The van der Waals surface area contributed by atoms with E-state index in [1.807, 2.05) is 6.92 Å². The Hall–Kier alpha value is -1.32. The summed E-state index contributed by atoms with van der Waals surface area (Å²) < 4.78 is 0. The summed E-state index contributed by atoms with van der Waals surface area (Å²) in [7, 11) is 0. The number of allylic oxidation sites excluding steroid dienone is 2. The van der Waals surface area contributed by atoms with Crippen LogP contribution in [0.15, 0.2) is 22.2 Å². The first-order valence-electron chi connectivity index (χ1n) is 4.98. The molecular formula is C12H8Cl2O3. The van der Waals surface area contributed by atoms with Crippen LogP contribution in [0.3, 0.4) is 0 Å². The number of hydrogen-bond acceptors (Lipinski definition) is 3. The fourth-order valence-electron chi connectivity index (χ4n) is 1.73. The van der Waals surface area contributed by atoms with Crippen molar-refractivity contribution in [1.29, 1.82) is 0 Å². The Balaban J connectivity index is 2.73. The van der Waals surface area contributed by atoms with Crippen molar-refractivity contribution in [1.82, 2.24) is 0 Å². The van der Waals surface area contributed by atoms with E-state index in [-0.39, 0.29) is 26.9 Å². The van der Waals surface area contributed by atoms with Gasteiger partial charge in [-0.05, 0) is 24.1 Å². The van der Waals surface area contributed by atoms with Crippen molar-refractivity contribution >= 4 is 34.8 Å². The van der Waals surface area contributed by atoms with Gasteiger partial charge in [0.25, 0.3) is 0 Å². The average Bonchev–Trinajstić information content (AvgIpc) is 2.33. The molecule has 0 spiro atoms. The predicted molar refractivity (Wildman–Crippen MR) is 64.9 cm³/mol. The maximum absolute atomic E-state index is 11.8. The van der Waals surface area contributed by atoms with E-state index in [0.29, 0.717) is 12.0 Å². The summed E-state index contributed by atoms with van der Waals surface area (Å²) in [5.74, 6) is -1.04. The lowest BCUT2D eigenvalue weighted by Crippen LogP contribution is -2.18. The molecule has 1 N–H and O–H groups in total. The number of phenols is 1. The number of carbonyl (C=O) groups is 2. The molecule has 0 radical (unpaired) electrons. The van der Waals surface area contributed by atoms with E-state index in [2.05, 4.69) is 0 Å². The van der Waals surface area contributed by atoms with Crippen molar-refractivity contribution in [2.75, 3.05) is 0 Å². The first-order valence-corrected chi connectivity index (χ1v) is 5.73. The minimum Gasteiger partial charge on any atom is -0.508 e. The Morgan fingerprint density at radius 2 is 1.53 bits per heavy atom. The quantitative estimate of drug-likeness (QED) is 0.854. The molecule has 0 aliphatic heterocycles. The second-order valence-electron chi connectivity index (χ2n) is 3.67. The van der Waals surface area contributed by atoms with Gasteiger partial charge in [-0.1, -0.05) is 30.1 Å². The number of ketones is 2. The Morgan fingerprint density at radius 3 is 2.00 bits per heavy atom. The molecule has 1 aliphatic carbocycles. The number of Topliss-reactive ketones (excluding diaryl/α,β-unsaturated/α-hetero) is 2. The fraction of sp³-hybridized carbons (Fsp3) is 0.167. The number of fused-ring (bicyclic) bond motifs is 1. The molecule has 0 fully saturated rings. The second-order valence-corrected chi connectivity index (χ2v) is 4.42. The lowest BCUT2D eigenvalue weighted by Gasteiger charge is -2.15. The van der Waals surface area contributed by atoms with E-state index in [9.17, 15) is 14.7 Å². The van der Waals surface area contributed by atoms with Gasteiger partial charge < -0.3 is 5.11 Å². The number of benzene rings is 1. The van der Waals surface area contributed by atoms with Gasteiger partial charge in [0.1, 0.15) is 15.8 Å². The molecule has 1 aromatic carbocycles. The summed E-state index contributed by atoms with van der Waals surface area (Å²) >= 11 is 11.4. The summed E-state index contributed by atoms with van der Waals surface area (Å²) in [6.07, 6.45) is 0.551. The highest BCUT2D eigenvalue weighted by Gasteiger charge is 2.31. The van der Waals surface area contributed by atoms with Crippen molar-refractivity contribution in [2.24, 2.45) is 0 Å². The third-order valence-electron chi connectivity index (χ3n) is 2.68. The summed E-state index contributed by atoms with van der Waals surface area (Å²) in [4.78, 5) is 23.6. The molecule has 1 aliphatic rings. The van der Waals surface area contributed by atoms with Crippen molar-refractivity contribution in [2.45, 2.75) is 13.3 Å². The molecule has 0 unspecified atom stereocenters. The van der Waals surface area contributed by atoms with Gasteiger partial charge >= 0.3 is 0 Å². The Labute approximate surface area is 108 Å². The highest BCUT2D eigenvalue weighted by Crippen LogP contribution is 2.34. The highest BCUT2D eigenvalue weighted by molar-refractivity contribution is 6.59. The normalized spacial score (nSPS) is 15.2. The Morgan fingerprint density at radius 1 is 1.06 bits per heavy atom. The summed E-state index contributed by atoms with van der Waals surface area (Å²) in [5.41, 5.74) is 0.880. The first kappa shape index (κ1) is 12.1. The monoisotopic (exact) mass is 270 g/mol. The van der Waals surface area contributed by atoms with Crippen LogP contribution >= 0.6 is 23.2 Å². The number of phenolic OH excluding ortho intramolecular Hbond substituents is 1. The van der Waals surface area contributed by atoms with Gasteiger partial charge in [-0.2, -0.15) is 0 Å². The maximum Gasteiger partial charge on any atom is 0.206 e. The number of halogens is 2. The lowest BCUT2D eigenvalue weighted by molar-refractivity contribution is 0.0986. The largest absolute Gasteiger partial charge is 0.508 e. The molecule has 0 saturated heterocycles. The molecule has 0 atom stereocenters. The van der Waals surface area contributed by atoms with Crippen LogP contribution in [0.2, 0.25) is 0 Å². The van der Waals surface area contributed by atoms with Crippen LogP contribution in [0, 0.1) is 0 Å².